The molecule has 5 N–H and O–H groups in total. The molecule has 2 aromatic rings. The van der Waals surface area contributed by atoms with Gasteiger partial charge in [0.2, 0.25) is 0 Å². The molecule has 0 radical (unpaired) electrons. The molecule has 0 atom stereocenters. The summed E-state index contributed by atoms with van der Waals surface area (Å²) in [4.78, 5) is 28.1. The maximum absolute atomic E-state index is 7.25. The molecule has 4 heterocycles. The summed E-state index contributed by atoms with van der Waals surface area (Å²) >= 11 is 23.4. The maximum atomic E-state index is 7.25. The van der Waals surface area contributed by atoms with E-state index in [2.05, 4.69) is 99.7 Å². The van der Waals surface area contributed by atoms with Crippen LogP contribution >= 0.6 is 66.7 Å². The first-order valence-electron chi connectivity index (χ1n) is 12.8. The molecule has 17 heteroatoms. The Kier molecular flexibility index (Phi) is 15.2. The fourth-order valence-electron chi connectivity index (χ4n) is 4.16. The highest BCUT2D eigenvalue weighted by molar-refractivity contribution is 9.11. The van der Waals surface area contributed by atoms with E-state index < -0.39 is 0 Å². The van der Waals surface area contributed by atoms with E-state index in [1.165, 1.54) is 12.7 Å². The summed E-state index contributed by atoms with van der Waals surface area (Å²) in [7, 11) is 8.43. The number of nitrogens with two attached hydrogens (primary N) is 2. The molecule has 228 valence electrons. The van der Waals surface area contributed by atoms with Crippen molar-refractivity contribution in [2.24, 2.45) is 16.5 Å². The van der Waals surface area contributed by atoms with Crippen molar-refractivity contribution in [1.82, 2.24) is 39.5 Å². The Bertz CT molecular complexity index is 1130. The maximum Gasteiger partial charge on any atom is 0.198 e. The van der Waals surface area contributed by atoms with Gasteiger partial charge in [0.1, 0.15) is 28.1 Å². The minimum atomic E-state index is 0.215. The summed E-state index contributed by atoms with van der Waals surface area (Å²) in [6.45, 7) is 3.65. The zero-order chi connectivity index (χ0) is 30.7. The number of nitrogens with zero attached hydrogens (tertiary/aromatic N) is 9. The highest BCUT2D eigenvalue weighted by Crippen LogP contribution is 2.28. The fourth-order valence-corrected chi connectivity index (χ4v) is 5.10. The molecule has 4 rings (SSSR count). The van der Waals surface area contributed by atoms with Crippen molar-refractivity contribution in [2.45, 2.75) is 37.8 Å². The quantitative estimate of drug-likeness (QED) is 0.235. The number of piperidine rings is 2. The van der Waals surface area contributed by atoms with E-state index >= 15 is 0 Å². The lowest BCUT2D eigenvalue weighted by Gasteiger charge is -2.35. The Hall–Kier alpha value is -1.55. The van der Waals surface area contributed by atoms with Crippen molar-refractivity contribution >= 4 is 84.4 Å². The summed E-state index contributed by atoms with van der Waals surface area (Å²) in [5.41, 5.74) is 11.4. The number of rotatable bonds is 3. The van der Waals surface area contributed by atoms with Gasteiger partial charge in [-0.25, -0.2) is 19.9 Å². The van der Waals surface area contributed by atoms with Crippen LogP contribution in [0.3, 0.4) is 0 Å². The zero-order valence-corrected chi connectivity index (χ0v) is 29.0. The fraction of sp³-hybridized carbons (Fsp3) is 0.583. The van der Waals surface area contributed by atoms with Crippen molar-refractivity contribution in [3.05, 3.63) is 37.1 Å². The van der Waals surface area contributed by atoms with E-state index in [9.17, 15) is 0 Å². The third kappa shape index (κ3) is 11.6. The van der Waals surface area contributed by atoms with Crippen LogP contribution in [0.2, 0.25) is 15.5 Å². The van der Waals surface area contributed by atoms with Crippen molar-refractivity contribution < 1.29 is 0 Å². The third-order valence-corrected chi connectivity index (χ3v) is 9.73. The molecule has 2 fully saturated rings. The van der Waals surface area contributed by atoms with Crippen molar-refractivity contribution in [2.75, 3.05) is 54.4 Å². The van der Waals surface area contributed by atoms with Crippen LogP contribution in [-0.4, -0.2) is 118 Å². The highest BCUT2D eigenvalue weighted by Gasteiger charge is 2.22. The minimum absolute atomic E-state index is 0.215. The molecule has 0 spiro atoms. The van der Waals surface area contributed by atoms with Gasteiger partial charge in [0.05, 0.1) is 8.95 Å². The van der Waals surface area contributed by atoms with Gasteiger partial charge in [-0.05, 0) is 85.7 Å². The van der Waals surface area contributed by atoms with Gasteiger partial charge in [-0.15, -0.1) is 0 Å². The molecule has 2 saturated heterocycles. The molecule has 2 aromatic heterocycles. The lowest BCUT2D eigenvalue weighted by Crippen LogP contribution is -2.47. The van der Waals surface area contributed by atoms with Crippen LogP contribution in [0.15, 0.2) is 26.6 Å². The van der Waals surface area contributed by atoms with Crippen molar-refractivity contribution in [1.29, 1.82) is 5.41 Å². The summed E-state index contributed by atoms with van der Waals surface area (Å²) in [6, 6.07) is 1.28. The first-order valence-corrected chi connectivity index (χ1v) is 15.5. The normalized spacial score (nSPS) is 16.7. The lowest BCUT2D eigenvalue weighted by molar-refractivity contribution is 0.190. The SMILES string of the molecule is CN(C)C1CCN(C(=N)N)CC1.CN(C)C1CCN(C(N)=Nc2ncnc(Cl)c2Br)CC1.Clc1ncnc(Cl)c1Br. The summed E-state index contributed by atoms with van der Waals surface area (Å²) in [5, 5.41) is 8.24. The van der Waals surface area contributed by atoms with E-state index in [1.807, 2.05) is 4.90 Å². The molecular formula is C24H37Br2Cl3N12. The average molecular weight is 760 g/mol. The van der Waals surface area contributed by atoms with Crippen LogP contribution in [-0.2, 0) is 0 Å². The Morgan fingerprint density at radius 3 is 1.56 bits per heavy atom. The molecule has 0 bridgehead atoms. The smallest absolute Gasteiger partial charge is 0.198 e. The minimum Gasteiger partial charge on any atom is -0.370 e. The van der Waals surface area contributed by atoms with Gasteiger partial charge in [-0.1, -0.05) is 34.8 Å². The summed E-state index contributed by atoms with van der Waals surface area (Å²) in [5.74, 6) is 1.14. The molecule has 0 unspecified atom stereocenters. The molecule has 0 aromatic carbocycles. The average Bonchev–Trinajstić information content (AvgIpc) is 2.95. The van der Waals surface area contributed by atoms with E-state index in [4.69, 9.17) is 51.7 Å². The second-order valence-corrected chi connectivity index (χ2v) is 12.5. The Morgan fingerprint density at radius 1 is 0.780 bits per heavy atom. The monoisotopic (exact) mass is 756 g/mol. The summed E-state index contributed by atoms with van der Waals surface area (Å²) < 4.78 is 1.10. The number of aliphatic imine (C=N–C) groups is 1. The Balaban J connectivity index is 0.000000237. The van der Waals surface area contributed by atoms with Gasteiger partial charge >= 0.3 is 0 Å². The molecule has 0 saturated carbocycles. The van der Waals surface area contributed by atoms with Crippen molar-refractivity contribution in [3.8, 4) is 0 Å². The van der Waals surface area contributed by atoms with Gasteiger partial charge in [0.25, 0.3) is 0 Å². The standard InChI is InChI=1S/C12H18BrClN6.C8H18N4.C4HBrCl2N2/c1-19(2)8-3-5-20(6-4-8)12(15)18-11-9(13)10(14)16-7-17-11;1-11(2)7-3-5-12(6-4-7)8(9)10;5-2-3(6)8-1-9-4(2)7/h7-8H,3-6H2,1-2H3,(H2,15,16,17,18);7H,3-6H2,1-2H3,(H3,9,10);1H. The number of halogens is 5. The second-order valence-electron chi connectivity index (χ2n) is 9.79. The van der Waals surface area contributed by atoms with Crippen LogP contribution in [0.5, 0.6) is 0 Å². The van der Waals surface area contributed by atoms with Gasteiger partial charge in [0.15, 0.2) is 17.7 Å². The molecule has 0 amide bonds. The first kappa shape index (κ1) is 35.6. The predicted molar refractivity (Wildman–Crippen MR) is 174 cm³/mol. The van der Waals surface area contributed by atoms with Gasteiger partial charge in [0, 0.05) is 38.3 Å². The van der Waals surface area contributed by atoms with Crippen LogP contribution in [0, 0.1) is 5.41 Å². The predicted octanol–water partition coefficient (Wildman–Crippen LogP) is 4.32. The van der Waals surface area contributed by atoms with E-state index in [0.717, 1.165) is 51.9 Å². The number of hydrogen-bond donors (Lipinski definition) is 3. The number of hydrogen-bond acceptors (Lipinski definition) is 8. The highest BCUT2D eigenvalue weighted by atomic mass is 79.9. The van der Waals surface area contributed by atoms with Gasteiger partial charge in [-0.3, -0.25) is 5.41 Å². The number of likely N-dealkylation sites (tertiary alicyclic amines) is 2. The zero-order valence-electron chi connectivity index (χ0n) is 23.5. The van der Waals surface area contributed by atoms with Gasteiger partial charge in [-0.2, -0.15) is 4.99 Å². The molecule has 2 aliphatic heterocycles. The number of guanidine groups is 2. The third-order valence-electron chi connectivity index (χ3n) is 6.71. The Labute approximate surface area is 273 Å². The van der Waals surface area contributed by atoms with E-state index in [1.54, 1.807) is 0 Å². The van der Waals surface area contributed by atoms with Crippen molar-refractivity contribution in [3.63, 3.8) is 0 Å². The largest absolute Gasteiger partial charge is 0.370 e. The van der Waals surface area contributed by atoms with Gasteiger partial charge < -0.3 is 31.1 Å². The lowest BCUT2D eigenvalue weighted by atomic mass is 10.0. The van der Waals surface area contributed by atoms with Crippen LogP contribution < -0.4 is 11.5 Å². The first-order chi connectivity index (χ1) is 19.3. The second kappa shape index (κ2) is 17.5. The van der Waals surface area contributed by atoms with Crippen LogP contribution in [0.25, 0.3) is 0 Å². The molecule has 0 aliphatic carbocycles. The van der Waals surface area contributed by atoms with E-state index in [-0.39, 0.29) is 5.96 Å². The van der Waals surface area contributed by atoms with E-state index in [0.29, 0.717) is 48.3 Å². The van der Waals surface area contributed by atoms with Crippen LogP contribution in [0.1, 0.15) is 25.7 Å². The van der Waals surface area contributed by atoms with Crippen LogP contribution in [0.4, 0.5) is 5.82 Å². The molecule has 12 nitrogen and oxygen atoms in total. The summed E-state index contributed by atoms with van der Waals surface area (Å²) in [6.07, 6.45) is 7.07. The number of aromatic nitrogens is 4. The molecule has 2 aliphatic rings. The topological polar surface area (TPSA) is 153 Å². The number of nitrogens with one attached hydrogen (secondary N) is 1. The molecular weight excluding hydrogens is 723 g/mol. The Morgan fingerprint density at radius 2 is 1.17 bits per heavy atom. The molecule has 41 heavy (non-hydrogen) atoms.